The van der Waals surface area contributed by atoms with E-state index >= 15 is 0 Å². The molecule has 0 radical (unpaired) electrons. The molecule has 2 heterocycles. The molecule has 8 heteroatoms. The number of hydrogen-bond acceptors (Lipinski definition) is 7. The summed E-state index contributed by atoms with van der Waals surface area (Å²) in [5.74, 6) is 1.73. The van der Waals surface area contributed by atoms with Crippen LogP contribution in [0.3, 0.4) is 0 Å². The Hall–Kier alpha value is -3.52. The van der Waals surface area contributed by atoms with Gasteiger partial charge >= 0.3 is 0 Å². The van der Waals surface area contributed by atoms with Crippen molar-refractivity contribution in [3.05, 3.63) is 45.7 Å². The summed E-state index contributed by atoms with van der Waals surface area (Å²) in [6.07, 6.45) is 0. The van der Waals surface area contributed by atoms with Gasteiger partial charge in [-0.2, -0.15) is 0 Å². The molecule has 1 aliphatic heterocycles. The monoisotopic (exact) mass is 394 g/mol. The lowest BCUT2D eigenvalue weighted by Crippen LogP contribution is -2.26. The molecular weight excluding hydrogens is 376 g/mol. The first-order valence-electron chi connectivity index (χ1n) is 9.10. The van der Waals surface area contributed by atoms with Crippen molar-refractivity contribution in [3.63, 3.8) is 0 Å². The molecule has 0 bridgehead atoms. The summed E-state index contributed by atoms with van der Waals surface area (Å²) in [6.45, 7) is 0.620. The third kappa shape index (κ3) is 2.29. The number of ether oxygens (including phenoxy) is 4. The molecule has 3 aromatic rings. The molecule has 29 heavy (non-hydrogen) atoms. The van der Waals surface area contributed by atoms with Crippen LogP contribution in [0, 0.1) is 0 Å². The Morgan fingerprint density at radius 2 is 1.59 bits per heavy atom. The molecule has 1 aliphatic carbocycles. The summed E-state index contributed by atoms with van der Waals surface area (Å²) in [7, 11) is 3.01. The summed E-state index contributed by atoms with van der Waals surface area (Å²) in [5, 5.41) is 0.884. The van der Waals surface area contributed by atoms with Crippen LogP contribution in [0.4, 0.5) is 0 Å². The SMILES string of the molecule is COc1cc2c3c(n(CCN)c(=O)c2cc1OC)-c1cc2c(cc1C3=O)OCO2. The zero-order valence-electron chi connectivity index (χ0n) is 15.9. The van der Waals surface area contributed by atoms with Gasteiger partial charge in [-0.15, -0.1) is 0 Å². The number of pyridine rings is 1. The van der Waals surface area contributed by atoms with Gasteiger partial charge in [-0.3, -0.25) is 9.59 Å². The van der Waals surface area contributed by atoms with Gasteiger partial charge in [-0.25, -0.2) is 0 Å². The molecule has 0 fully saturated rings. The van der Waals surface area contributed by atoms with E-state index in [0.29, 0.717) is 56.2 Å². The van der Waals surface area contributed by atoms with Gasteiger partial charge in [0.1, 0.15) is 0 Å². The fraction of sp³-hybridized carbons (Fsp3) is 0.238. The minimum absolute atomic E-state index is 0.101. The van der Waals surface area contributed by atoms with Gasteiger partial charge in [0.25, 0.3) is 5.56 Å². The Balaban J connectivity index is 1.92. The molecule has 148 valence electrons. The number of nitrogens with zero attached hydrogens (tertiary/aromatic N) is 1. The van der Waals surface area contributed by atoms with Crippen molar-refractivity contribution in [2.24, 2.45) is 5.73 Å². The van der Waals surface area contributed by atoms with Gasteiger partial charge in [0.05, 0.1) is 30.9 Å². The van der Waals surface area contributed by atoms with E-state index in [9.17, 15) is 9.59 Å². The van der Waals surface area contributed by atoms with Gasteiger partial charge in [-0.1, -0.05) is 0 Å². The second kappa shape index (κ2) is 6.25. The third-order valence-electron chi connectivity index (χ3n) is 5.37. The normalized spacial score (nSPS) is 13.6. The molecule has 2 aromatic carbocycles. The molecule has 5 rings (SSSR count). The van der Waals surface area contributed by atoms with E-state index in [1.54, 1.807) is 28.8 Å². The Morgan fingerprint density at radius 3 is 2.21 bits per heavy atom. The number of carbonyl (C=O) groups excluding carboxylic acids is 1. The fourth-order valence-corrected chi connectivity index (χ4v) is 4.09. The highest BCUT2D eigenvalue weighted by Gasteiger charge is 2.35. The second-order valence-corrected chi connectivity index (χ2v) is 6.80. The number of aromatic nitrogens is 1. The van der Waals surface area contributed by atoms with Gasteiger partial charge in [0.15, 0.2) is 28.8 Å². The van der Waals surface area contributed by atoms with E-state index < -0.39 is 0 Å². The average Bonchev–Trinajstić information content (AvgIpc) is 3.31. The molecule has 0 saturated carbocycles. The van der Waals surface area contributed by atoms with Gasteiger partial charge in [0.2, 0.25) is 6.79 Å². The molecule has 0 amide bonds. The zero-order valence-corrected chi connectivity index (χ0v) is 15.9. The van der Waals surface area contributed by atoms with Crippen LogP contribution in [0.15, 0.2) is 29.1 Å². The second-order valence-electron chi connectivity index (χ2n) is 6.80. The maximum absolute atomic E-state index is 13.4. The Kier molecular flexibility index (Phi) is 3.78. The number of fused-ring (bicyclic) bond motifs is 6. The predicted molar refractivity (Wildman–Crippen MR) is 105 cm³/mol. The van der Waals surface area contributed by atoms with Crippen LogP contribution in [0.1, 0.15) is 15.9 Å². The first-order chi connectivity index (χ1) is 14.1. The molecular formula is C21H18N2O6. The number of methoxy groups -OCH3 is 2. The summed E-state index contributed by atoms with van der Waals surface area (Å²) >= 11 is 0. The quantitative estimate of drug-likeness (QED) is 0.564. The maximum atomic E-state index is 13.4. The van der Waals surface area contributed by atoms with Crippen molar-refractivity contribution >= 4 is 16.6 Å². The maximum Gasteiger partial charge on any atom is 0.259 e. The van der Waals surface area contributed by atoms with Gasteiger partial charge in [0, 0.05) is 29.6 Å². The highest BCUT2D eigenvalue weighted by atomic mass is 16.7. The number of rotatable bonds is 4. The molecule has 2 N–H and O–H groups in total. The van der Waals surface area contributed by atoms with Crippen LogP contribution in [0.25, 0.3) is 22.0 Å². The first-order valence-corrected chi connectivity index (χ1v) is 9.10. The Bertz CT molecular complexity index is 1260. The number of benzene rings is 2. The summed E-state index contributed by atoms with van der Waals surface area (Å²) in [6, 6.07) is 6.70. The lowest BCUT2D eigenvalue weighted by atomic mass is 10.0. The summed E-state index contributed by atoms with van der Waals surface area (Å²) in [5.41, 5.74) is 7.62. The van der Waals surface area contributed by atoms with Crippen LogP contribution >= 0.6 is 0 Å². The van der Waals surface area contributed by atoms with E-state index in [0.717, 1.165) is 0 Å². The van der Waals surface area contributed by atoms with Crippen molar-refractivity contribution in [2.75, 3.05) is 27.6 Å². The summed E-state index contributed by atoms with van der Waals surface area (Å²) in [4.78, 5) is 26.7. The standard InChI is InChI=1S/C21H18N2O6/c1-26-14-5-10-13(8-15(14)27-2)21(25)23(4-3-22)19-11-6-16-17(29-9-28-16)7-12(11)20(24)18(10)19/h5-8H,3-4,9,22H2,1-2H3. The van der Waals surface area contributed by atoms with Crippen LogP contribution < -0.4 is 30.2 Å². The number of nitrogens with two attached hydrogens (primary N) is 1. The van der Waals surface area contributed by atoms with Crippen LogP contribution in [0.5, 0.6) is 23.0 Å². The molecule has 0 atom stereocenters. The van der Waals surface area contributed by atoms with Crippen molar-refractivity contribution in [1.29, 1.82) is 0 Å². The smallest absolute Gasteiger partial charge is 0.259 e. The average molecular weight is 394 g/mol. The molecule has 2 aliphatic rings. The lowest BCUT2D eigenvalue weighted by Gasteiger charge is -2.16. The van der Waals surface area contributed by atoms with Crippen molar-refractivity contribution in [2.45, 2.75) is 6.54 Å². The molecule has 0 spiro atoms. The highest BCUT2D eigenvalue weighted by Crippen LogP contribution is 2.46. The van der Waals surface area contributed by atoms with Crippen molar-refractivity contribution in [3.8, 4) is 34.3 Å². The Labute approximate surface area is 165 Å². The van der Waals surface area contributed by atoms with E-state index in [4.69, 9.17) is 24.7 Å². The number of carbonyl (C=O) groups is 1. The molecule has 8 nitrogen and oxygen atoms in total. The van der Waals surface area contributed by atoms with E-state index in [1.807, 2.05) is 0 Å². The minimum atomic E-state index is -0.247. The minimum Gasteiger partial charge on any atom is -0.493 e. The molecule has 1 aromatic heterocycles. The van der Waals surface area contributed by atoms with E-state index in [1.165, 1.54) is 14.2 Å². The zero-order chi connectivity index (χ0) is 20.3. The number of ketones is 1. The number of hydrogen-bond donors (Lipinski definition) is 1. The van der Waals surface area contributed by atoms with E-state index in [2.05, 4.69) is 0 Å². The van der Waals surface area contributed by atoms with Crippen LogP contribution in [-0.2, 0) is 6.54 Å². The molecule has 0 saturated heterocycles. The van der Waals surface area contributed by atoms with Crippen LogP contribution in [-0.4, -0.2) is 37.9 Å². The third-order valence-corrected chi connectivity index (χ3v) is 5.37. The van der Waals surface area contributed by atoms with E-state index in [-0.39, 0.29) is 31.2 Å². The molecule has 0 unspecified atom stereocenters. The fourth-order valence-electron chi connectivity index (χ4n) is 4.09. The lowest BCUT2D eigenvalue weighted by molar-refractivity contribution is 0.104. The first kappa shape index (κ1) is 17.6. The van der Waals surface area contributed by atoms with Crippen LogP contribution in [0.2, 0.25) is 0 Å². The van der Waals surface area contributed by atoms with Crippen molar-refractivity contribution in [1.82, 2.24) is 4.57 Å². The predicted octanol–water partition coefficient (Wildman–Crippen LogP) is 1.92. The van der Waals surface area contributed by atoms with Gasteiger partial charge in [-0.05, 0) is 24.3 Å². The van der Waals surface area contributed by atoms with Gasteiger partial charge < -0.3 is 29.2 Å². The largest absolute Gasteiger partial charge is 0.493 e. The highest BCUT2D eigenvalue weighted by molar-refractivity contribution is 6.27. The van der Waals surface area contributed by atoms with Crippen molar-refractivity contribution < 1.29 is 23.7 Å². The topological polar surface area (TPSA) is 102 Å². The summed E-state index contributed by atoms with van der Waals surface area (Å²) < 4.78 is 23.2. The Morgan fingerprint density at radius 1 is 0.966 bits per heavy atom.